The summed E-state index contributed by atoms with van der Waals surface area (Å²) in [5, 5.41) is 8.86. The van der Waals surface area contributed by atoms with Crippen LogP contribution in [0.25, 0.3) is 0 Å². The van der Waals surface area contributed by atoms with Gasteiger partial charge in [0.25, 0.3) is 0 Å². The van der Waals surface area contributed by atoms with Gasteiger partial charge in [-0.25, -0.2) is 15.0 Å². The van der Waals surface area contributed by atoms with E-state index in [1.54, 1.807) is 6.92 Å². The molecule has 2 unspecified atom stereocenters. The van der Waals surface area contributed by atoms with Crippen molar-refractivity contribution in [2.45, 2.75) is 53.2 Å². The van der Waals surface area contributed by atoms with E-state index in [-0.39, 0.29) is 5.92 Å². The third-order valence-corrected chi connectivity index (χ3v) is 2.81. The summed E-state index contributed by atoms with van der Waals surface area (Å²) in [6.45, 7) is 10.3. The van der Waals surface area contributed by atoms with Gasteiger partial charge in [0.05, 0.1) is 6.61 Å². The zero-order valence-electron chi connectivity index (χ0n) is 10.4. The molecule has 2 atom stereocenters. The molecule has 1 N–H and O–H groups in total. The first-order valence-corrected chi connectivity index (χ1v) is 5.61. The van der Waals surface area contributed by atoms with Crippen LogP contribution in [-0.2, 0) is 14.7 Å². The van der Waals surface area contributed by atoms with Crippen LogP contribution in [0.2, 0.25) is 0 Å². The van der Waals surface area contributed by atoms with Gasteiger partial charge >= 0.3 is 0 Å². The standard InChI is InChI=1S/C11H24O4/c1-6-7-8-13-15-11(5,14-12)10(4)9(2)3/h9-10,12H,6-8H2,1-5H3. The lowest BCUT2D eigenvalue weighted by Gasteiger charge is -2.32. The SMILES string of the molecule is CCCCOOC(C)(OO)C(C)C(C)C. The van der Waals surface area contributed by atoms with Gasteiger partial charge in [-0.2, -0.15) is 4.89 Å². The van der Waals surface area contributed by atoms with Crippen molar-refractivity contribution in [3.63, 3.8) is 0 Å². The van der Waals surface area contributed by atoms with E-state index in [1.165, 1.54) is 0 Å². The Morgan fingerprint density at radius 1 is 1.27 bits per heavy atom. The van der Waals surface area contributed by atoms with Crippen molar-refractivity contribution in [2.75, 3.05) is 6.61 Å². The molecule has 0 aromatic carbocycles. The van der Waals surface area contributed by atoms with Crippen molar-refractivity contribution in [3.8, 4) is 0 Å². The number of hydrogen-bond donors (Lipinski definition) is 1. The largest absolute Gasteiger partial charge is 0.249 e. The fourth-order valence-corrected chi connectivity index (χ4v) is 1.14. The van der Waals surface area contributed by atoms with Crippen LogP contribution in [0.5, 0.6) is 0 Å². The lowest BCUT2D eigenvalue weighted by molar-refractivity contribution is -0.508. The molecular formula is C11H24O4. The fraction of sp³-hybridized carbons (Fsp3) is 1.00. The third kappa shape index (κ3) is 4.93. The van der Waals surface area contributed by atoms with E-state index in [2.05, 4.69) is 11.8 Å². The van der Waals surface area contributed by atoms with Crippen molar-refractivity contribution in [2.24, 2.45) is 11.8 Å². The Bertz CT molecular complexity index is 161. The zero-order valence-corrected chi connectivity index (χ0v) is 10.4. The highest BCUT2D eigenvalue weighted by molar-refractivity contribution is 4.71. The molecule has 0 aromatic heterocycles. The van der Waals surface area contributed by atoms with Crippen molar-refractivity contribution in [1.82, 2.24) is 0 Å². The molecule has 15 heavy (non-hydrogen) atoms. The smallest absolute Gasteiger partial charge is 0.233 e. The van der Waals surface area contributed by atoms with E-state index in [9.17, 15) is 0 Å². The molecule has 92 valence electrons. The Kier molecular flexibility index (Phi) is 7.09. The first kappa shape index (κ1) is 14.8. The Hall–Kier alpha value is -0.160. The van der Waals surface area contributed by atoms with Gasteiger partial charge in [0.1, 0.15) is 0 Å². The van der Waals surface area contributed by atoms with E-state index in [0.717, 1.165) is 12.8 Å². The van der Waals surface area contributed by atoms with Gasteiger partial charge in [-0.05, 0) is 19.3 Å². The van der Waals surface area contributed by atoms with Crippen LogP contribution in [0, 0.1) is 11.8 Å². The molecule has 0 heterocycles. The number of rotatable bonds is 8. The van der Waals surface area contributed by atoms with Crippen LogP contribution in [-0.4, -0.2) is 17.7 Å². The van der Waals surface area contributed by atoms with Crippen LogP contribution in [0.1, 0.15) is 47.5 Å². The second-order valence-electron chi connectivity index (χ2n) is 4.40. The maximum Gasteiger partial charge on any atom is 0.233 e. The van der Waals surface area contributed by atoms with Gasteiger partial charge in [0.15, 0.2) is 0 Å². The van der Waals surface area contributed by atoms with Gasteiger partial charge in [-0.1, -0.05) is 34.1 Å². The topological polar surface area (TPSA) is 47.9 Å². The van der Waals surface area contributed by atoms with E-state index < -0.39 is 5.79 Å². The highest BCUT2D eigenvalue weighted by atomic mass is 17.3. The zero-order chi connectivity index (χ0) is 11.9. The molecule has 0 aliphatic carbocycles. The molecule has 0 bridgehead atoms. The quantitative estimate of drug-likeness (QED) is 0.295. The predicted molar refractivity (Wildman–Crippen MR) is 58.1 cm³/mol. The minimum Gasteiger partial charge on any atom is -0.249 e. The summed E-state index contributed by atoms with van der Waals surface area (Å²) in [4.78, 5) is 14.5. The summed E-state index contributed by atoms with van der Waals surface area (Å²) in [6.07, 6.45) is 1.97. The summed E-state index contributed by atoms with van der Waals surface area (Å²) in [5.74, 6) is -0.733. The van der Waals surface area contributed by atoms with Gasteiger partial charge in [0.2, 0.25) is 5.79 Å². The van der Waals surface area contributed by atoms with E-state index >= 15 is 0 Å². The second kappa shape index (κ2) is 7.17. The number of hydrogen-bond acceptors (Lipinski definition) is 4. The second-order valence-corrected chi connectivity index (χ2v) is 4.40. The summed E-state index contributed by atoms with van der Waals surface area (Å²) < 4.78 is 0. The van der Waals surface area contributed by atoms with Crippen LogP contribution < -0.4 is 0 Å². The van der Waals surface area contributed by atoms with Gasteiger partial charge in [0, 0.05) is 5.92 Å². The highest BCUT2D eigenvalue weighted by Gasteiger charge is 2.37. The highest BCUT2D eigenvalue weighted by Crippen LogP contribution is 2.28. The normalized spacial score (nSPS) is 17.8. The maximum atomic E-state index is 8.86. The molecule has 0 spiro atoms. The van der Waals surface area contributed by atoms with Crippen LogP contribution in [0.4, 0.5) is 0 Å². The first-order chi connectivity index (χ1) is 6.98. The average molecular weight is 220 g/mol. The third-order valence-electron chi connectivity index (χ3n) is 2.81. The van der Waals surface area contributed by atoms with E-state index in [4.69, 9.17) is 15.0 Å². The molecule has 4 nitrogen and oxygen atoms in total. The van der Waals surface area contributed by atoms with Gasteiger partial charge < -0.3 is 0 Å². The maximum absolute atomic E-state index is 8.86. The first-order valence-electron chi connectivity index (χ1n) is 5.61. The molecule has 0 radical (unpaired) electrons. The fourth-order valence-electron chi connectivity index (χ4n) is 1.14. The Morgan fingerprint density at radius 3 is 2.27 bits per heavy atom. The lowest BCUT2D eigenvalue weighted by atomic mass is 9.90. The summed E-state index contributed by atoms with van der Waals surface area (Å²) >= 11 is 0. The van der Waals surface area contributed by atoms with Crippen LogP contribution in [0.3, 0.4) is 0 Å². The minimum atomic E-state index is -1.10. The molecule has 0 aromatic rings. The minimum absolute atomic E-state index is 0.0316. The number of unbranched alkanes of at least 4 members (excludes halogenated alkanes) is 1. The lowest BCUT2D eigenvalue weighted by Crippen LogP contribution is -2.41. The molecule has 0 saturated carbocycles. The monoisotopic (exact) mass is 220 g/mol. The van der Waals surface area contributed by atoms with Crippen molar-refractivity contribution < 1.29 is 19.9 Å². The van der Waals surface area contributed by atoms with Crippen molar-refractivity contribution >= 4 is 0 Å². The van der Waals surface area contributed by atoms with E-state index in [0.29, 0.717) is 12.5 Å². The summed E-state index contributed by atoms with van der Waals surface area (Å²) in [5.41, 5.74) is 0. The average Bonchev–Trinajstić information content (AvgIpc) is 2.23. The molecule has 0 aliphatic heterocycles. The molecule has 0 rings (SSSR count). The Morgan fingerprint density at radius 2 is 1.87 bits per heavy atom. The predicted octanol–water partition coefficient (Wildman–Crippen LogP) is 3.23. The Balaban J connectivity index is 4.06. The van der Waals surface area contributed by atoms with Gasteiger partial charge in [-0.15, -0.1) is 0 Å². The Labute approximate surface area is 92.4 Å². The molecular weight excluding hydrogens is 196 g/mol. The molecule has 0 fully saturated rings. The molecule has 0 aliphatic rings. The molecule has 0 saturated heterocycles. The van der Waals surface area contributed by atoms with Crippen molar-refractivity contribution in [3.05, 3.63) is 0 Å². The molecule has 0 amide bonds. The van der Waals surface area contributed by atoms with Crippen LogP contribution in [0.15, 0.2) is 0 Å². The van der Waals surface area contributed by atoms with E-state index in [1.807, 2.05) is 20.8 Å². The molecule has 4 heteroatoms. The van der Waals surface area contributed by atoms with Crippen molar-refractivity contribution in [1.29, 1.82) is 0 Å². The van der Waals surface area contributed by atoms with Gasteiger partial charge in [-0.3, -0.25) is 0 Å². The summed E-state index contributed by atoms with van der Waals surface area (Å²) in [7, 11) is 0. The summed E-state index contributed by atoms with van der Waals surface area (Å²) in [6, 6.07) is 0. The van der Waals surface area contributed by atoms with Crippen LogP contribution >= 0.6 is 0 Å².